The van der Waals surface area contributed by atoms with Crippen molar-refractivity contribution in [1.82, 2.24) is 4.31 Å². The maximum atomic E-state index is 13.3. The Morgan fingerprint density at radius 3 is 2.06 bits per heavy atom. The van der Waals surface area contributed by atoms with Gasteiger partial charge in [0.15, 0.2) is 0 Å². The maximum Gasteiger partial charge on any atom is 0.243 e. The number of hydrogen-bond donors (Lipinski definition) is 1. The molecule has 3 aromatic rings. The molecule has 0 bridgehead atoms. The minimum absolute atomic E-state index is 0.0120. The molecule has 0 unspecified atom stereocenters. The average molecular weight is 563 g/mol. The molecule has 0 spiro atoms. The van der Waals surface area contributed by atoms with Gasteiger partial charge in [-0.2, -0.15) is 4.31 Å². The van der Waals surface area contributed by atoms with Crippen molar-refractivity contribution in [3.8, 4) is 0 Å². The quantitative estimate of drug-likeness (QED) is 0.371. The minimum atomic E-state index is -4.00. The zero-order chi connectivity index (χ0) is 22.6. The molecule has 162 valence electrons. The van der Waals surface area contributed by atoms with Crippen LogP contribution in [-0.4, -0.2) is 25.2 Å². The van der Waals surface area contributed by atoms with Crippen LogP contribution >= 0.6 is 50.7 Å². The highest BCUT2D eigenvalue weighted by molar-refractivity contribution is 9.10. The fourth-order valence-electron chi connectivity index (χ4n) is 2.73. The van der Waals surface area contributed by atoms with E-state index in [9.17, 15) is 13.2 Å². The Kier molecular flexibility index (Phi) is 8.02. The molecule has 0 atom stereocenters. The number of nitrogens with one attached hydrogen (secondary N) is 1. The second-order valence-corrected chi connectivity index (χ2v) is 10.6. The molecule has 0 saturated carbocycles. The van der Waals surface area contributed by atoms with E-state index in [1.165, 1.54) is 24.3 Å². The molecule has 1 amide bonds. The van der Waals surface area contributed by atoms with Crippen molar-refractivity contribution < 1.29 is 13.2 Å². The fraction of sp³-hybridized carbons (Fsp3) is 0.0952. The number of halogens is 4. The second kappa shape index (κ2) is 10.3. The van der Waals surface area contributed by atoms with E-state index in [-0.39, 0.29) is 27.2 Å². The monoisotopic (exact) mass is 560 g/mol. The number of carbonyl (C=O) groups excluding carboxylic acids is 1. The Bertz CT molecular complexity index is 1170. The molecular formula is C21H16BrCl3N2O3S. The van der Waals surface area contributed by atoms with E-state index < -0.39 is 22.5 Å². The first-order chi connectivity index (χ1) is 14.7. The fourth-order valence-corrected chi connectivity index (χ4v) is 5.00. The van der Waals surface area contributed by atoms with Gasteiger partial charge in [0, 0.05) is 16.0 Å². The molecule has 0 aromatic heterocycles. The van der Waals surface area contributed by atoms with E-state index in [0.29, 0.717) is 10.6 Å². The molecule has 0 aliphatic carbocycles. The van der Waals surface area contributed by atoms with E-state index >= 15 is 0 Å². The van der Waals surface area contributed by atoms with Crippen LogP contribution in [0, 0.1) is 0 Å². The lowest BCUT2D eigenvalue weighted by Crippen LogP contribution is -2.37. The van der Waals surface area contributed by atoms with E-state index in [4.69, 9.17) is 34.8 Å². The third kappa shape index (κ3) is 6.22. The molecule has 3 rings (SSSR count). The molecule has 0 heterocycles. The lowest BCUT2D eigenvalue weighted by atomic mass is 10.2. The number of sulfonamides is 1. The zero-order valence-electron chi connectivity index (χ0n) is 15.9. The molecule has 3 aromatic carbocycles. The molecule has 0 aliphatic heterocycles. The summed E-state index contributed by atoms with van der Waals surface area (Å²) in [6, 6.07) is 17.7. The number of amides is 1. The summed E-state index contributed by atoms with van der Waals surface area (Å²) in [5.41, 5.74) is 0.938. The van der Waals surface area contributed by atoms with Crippen LogP contribution in [0.2, 0.25) is 15.1 Å². The molecular weight excluding hydrogens is 547 g/mol. The van der Waals surface area contributed by atoms with E-state index in [2.05, 4.69) is 21.2 Å². The third-order valence-electron chi connectivity index (χ3n) is 4.27. The van der Waals surface area contributed by atoms with Crippen molar-refractivity contribution in [2.24, 2.45) is 0 Å². The van der Waals surface area contributed by atoms with E-state index in [1.807, 2.05) is 0 Å². The van der Waals surface area contributed by atoms with Crippen molar-refractivity contribution in [3.05, 3.63) is 91.8 Å². The van der Waals surface area contributed by atoms with Crippen LogP contribution in [0.1, 0.15) is 5.56 Å². The molecule has 0 fully saturated rings. The maximum absolute atomic E-state index is 13.3. The van der Waals surface area contributed by atoms with Crippen LogP contribution < -0.4 is 5.32 Å². The summed E-state index contributed by atoms with van der Waals surface area (Å²) in [7, 11) is -4.00. The van der Waals surface area contributed by atoms with Crippen LogP contribution in [0.25, 0.3) is 0 Å². The van der Waals surface area contributed by atoms with Gasteiger partial charge in [-0.1, -0.05) is 68.9 Å². The van der Waals surface area contributed by atoms with Gasteiger partial charge in [0.2, 0.25) is 15.9 Å². The zero-order valence-corrected chi connectivity index (χ0v) is 20.5. The molecule has 31 heavy (non-hydrogen) atoms. The van der Waals surface area contributed by atoms with Gasteiger partial charge in [-0.25, -0.2) is 8.42 Å². The largest absolute Gasteiger partial charge is 0.322 e. The molecule has 1 N–H and O–H groups in total. The number of hydrogen-bond acceptors (Lipinski definition) is 3. The van der Waals surface area contributed by atoms with Gasteiger partial charge in [0.05, 0.1) is 27.2 Å². The highest BCUT2D eigenvalue weighted by atomic mass is 79.9. The summed E-state index contributed by atoms with van der Waals surface area (Å²) in [6.45, 7) is -0.454. The smallest absolute Gasteiger partial charge is 0.243 e. The first-order valence-electron chi connectivity index (χ1n) is 8.91. The molecule has 5 nitrogen and oxygen atoms in total. The topological polar surface area (TPSA) is 66.5 Å². The summed E-state index contributed by atoms with van der Waals surface area (Å²) in [4.78, 5) is 12.8. The molecule has 0 radical (unpaired) electrons. The Morgan fingerprint density at radius 2 is 1.48 bits per heavy atom. The Morgan fingerprint density at radius 1 is 0.903 bits per heavy atom. The van der Waals surface area contributed by atoms with Crippen LogP contribution in [-0.2, 0) is 21.4 Å². The summed E-state index contributed by atoms with van der Waals surface area (Å²) in [5, 5.41) is 3.51. The Labute approximate surface area is 204 Å². The van der Waals surface area contributed by atoms with Gasteiger partial charge in [-0.15, -0.1) is 0 Å². The van der Waals surface area contributed by atoms with Gasteiger partial charge in [-0.05, 0) is 54.1 Å². The number of nitrogens with zero attached hydrogens (tertiary/aromatic N) is 1. The number of anilines is 1. The van der Waals surface area contributed by atoms with Crippen molar-refractivity contribution >= 4 is 72.4 Å². The third-order valence-corrected chi connectivity index (χ3v) is 7.49. The lowest BCUT2D eigenvalue weighted by molar-refractivity contribution is -0.116. The number of carbonyl (C=O) groups is 1. The summed E-state index contributed by atoms with van der Waals surface area (Å²) < 4.78 is 28.5. The summed E-state index contributed by atoms with van der Waals surface area (Å²) in [6.07, 6.45) is 0. The minimum Gasteiger partial charge on any atom is -0.322 e. The number of para-hydroxylation sites is 1. The number of benzene rings is 3. The van der Waals surface area contributed by atoms with Gasteiger partial charge >= 0.3 is 0 Å². The number of rotatable bonds is 7. The van der Waals surface area contributed by atoms with E-state index in [1.54, 1.807) is 42.5 Å². The van der Waals surface area contributed by atoms with Crippen molar-refractivity contribution in [1.29, 1.82) is 0 Å². The van der Waals surface area contributed by atoms with Crippen molar-refractivity contribution in [3.63, 3.8) is 0 Å². The lowest BCUT2D eigenvalue weighted by Gasteiger charge is -2.22. The SMILES string of the molecule is O=C(CN(Cc1ccc(Br)cc1)S(=O)(=O)c1ccc(Cl)cc1)Nc1c(Cl)cccc1Cl. The average Bonchev–Trinajstić information content (AvgIpc) is 2.72. The van der Waals surface area contributed by atoms with Gasteiger partial charge in [-0.3, -0.25) is 4.79 Å². The predicted molar refractivity (Wildman–Crippen MR) is 128 cm³/mol. The molecule has 10 heteroatoms. The molecule has 0 saturated heterocycles. The predicted octanol–water partition coefficient (Wildman–Crippen LogP) is 6.24. The van der Waals surface area contributed by atoms with Crippen LogP contribution in [0.3, 0.4) is 0 Å². The summed E-state index contributed by atoms with van der Waals surface area (Å²) >= 11 is 21.5. The van der Waals surface area contributed by atoms with Crippen LogP contribution in [0.15, 0.2) is 76.1 Å². The van der Waals surface area contributed by atoms with Crippen molar-refractivity contribution in [2.75, 3.05) is 11.9 Å². The standard InChI is InChI=1S/C21H16BrCl3N2O3S/c22-15-6-4-14(5-7-15)12-27(31(29,30)17-10-8-16(23)9-11-17)13-20(28)26-21-18(24)2-1-3-19(21)25/h1-11H,12-13H2,(H,26,28). The van der Waals surface area contributed by atoms with E-state index in [0.717, 1.165) is 8.78 Å². The first kappa shape index (κ1) is 24.0. The highest BCUT2D eigenvalue weighted by Gasteiger charge is 2.27. The van der Waals surface area contributed by atoms with Gasteiger partial charge in [0.1, 0.15) is 0 Å². The highest BCUT2D eigenvalue weighted by Crippen LogP contribution is 2.30. The Balaban J connectivity index is 1.90. The molecule has 0 aliphatic rings. The Hall–Kier alpha value is -1.61. The normalized spacial score (nSPS) is 11.5. The summed E-state index contributed by atoms with van der Waals surface area (Å²) in [5.74, 6) is -0.579. The van der Waals surface area contributed by atoms with Crippen LogP contribution in [0.4, 0.5) is 5.69 Å². The van der Waals surface area contributed by atoms with Gasteiger partial charge < -0.3 is 5.32 Å². The van der Waals surface area contributed by atoms with Crippen LogP contribution in [0.5, 0.6) is 0 Å². The van der Waals surface area contributed by atoms with Crippen molar-refractivity contribution in [2.45, 2.75) is 11.4 Å². The van der Waals surface area contributed by atoms with Gasteiger partial charge in [0.25, 0.3) is 0 Å². The first-order valence-corrected chi connectivity index (χ1v) is 12.3. The second-order valence-electron chi connectivity index (χ2n) is 6.50.